The molecule has 0 aliphatic heterocycles. The van der Waals surface area contributed by atoms with Crippen LogP contribution in [0.5, 0.6) is 11.5 Å². The van der Waals surface area contributed by atoms with Gasteiger partial charge in [0.15, 0.2) is 11.5 Å². The third-order valence-electron chi connectivity index (χ3n) is 12.5. The van der Waals surface area contributed by atoms with Gasteiger partial charge in [-0.15, -0.1) is 0 Å². The van der Waals surface area contributed by atoms with Gasteiger partial charge in [-0.2, -0.15) is 0 Å². The highest BCUT2D eigenvalue weighted by Gasteiger charge is 2.65. The Morgan fingerprint density at radius 3 is 2.43 bits per heavy atom. The van der Waals surface area contributed by atoms with E-state index in [9.17, 15) is 40.2 Å². The topological polar surface area (TPSA) is 168 Å². The molecule has 0 heterocycles. The Hall–Kier alpha value is -2.36. The highest BCUT2D eigenvalue weighted by molar-refractivity contribution is 5.83. The SMILES string of the molecule is C[C@H](CCC(=O)N[C@@H](Cc1ccc(O)c(O)c1)C(=O)O)[C@H]1CC[C@H]2[C@@H]3[C@H](O)C[C@@H]4C[C@H](O)CC[C@]4(C)[C@H]3C[C@H](O)[C@]12C. The fourth-order valence-corrected chi connectivity index (χ4v) is 10.1. The zero-order valence-electron chi connectivity index (χ0n) is 25.1. The number of aliphatic carboxylic acids is 1. The van der Waals surface area contributed by atoms with E-state index < -0.39 is 24.2 Å². The van der Waals surface area contributed by atoms with Crippen LogP contribution >= 0.6 is 0 Å². The maximum absolute atomic E-state index is 12.9. The number of carboxylic acids is 1. The third-order valence-corrected chi connectivity index (χ3v) is 12.5. The summed E-state index contributed by atoms with van der Waals surface area (Å²) >= 11 is 0. The number of phenolic OH excluding ortho intramolecular Hbond substituents is 2. The van der Waals surface area contributed by atoms with Gasteiger partial charge >= 0.3 is 5.97 Å². The van der Waals surface area contributed by atoms with Crippen LogP contribution in [0, 0.1) is 46.3 Å². The fraction of sp³-hybridized carbons (Fsp3) is 0.758. The summed E-state index contributed by atoms with van der Waals surface area (Å²) in [5, 5.41) is 65.1. The van der Waals surface area contributed by atoms with Gasteiger partial charge in [-0.1, -0.05) is 26.8 Å². The van der Waals surface area contributed by atoms with Crippen molar-refractivity contribution in [2.75, 3.05) is 0 Å². The summed E-state index contributed by atoms with van der Waals surface area (Å²) in [6.07, 6.45) is 5.16. The highest BCUT2D eigenvalue weighted by Crippen LogP contribution is 2.68. The van der Waals surface area contributed by atoms with Crippen molar-refractivity contribution >= 4 is 11.9 Å². The number of amides is 1. The second-order valence-corrected chi connectivity index (χ2v) is 14.5. The lowest BCUT2D eigenvalue weighted by Gasteiger charge is -2.63. The average molecular weight is 588 g/mol. The number of aliphatic hydroxyl groups is 3. The first-order valence-corrected chi connectivity index (χ1v) is 15.8. The predicted octanol–water partition coefficient (Wildman–Crippen LogP) is 3.59. The molecule has 4 aliphatic carbocycles. The molecule has 0 bridgehead atoms. The number of rotatable bonds is 8. The molecule has 42 heavy (non-hydrogen) atoms. The Kier molecular flexibility index (Phi) is 8.60. The number of hydrogen-bond acceptors (Lipinski definition) is 7. The van der Waals surface area contributed by atoms with Gasteiger partial charge in [0.2, 0.25) is 5.91 Å². The lowest BCUT2D eigenvalue weighted by molar-refractivity contribution is -0.207. The van der Waals surface area contributed by atoms with E-state index in [2.05, 4.69) is 26.1 Å². The fourth-order valence-electron chi connectivity index (χ4n) is 10.1. The number of nitrogens with one attached hydrogen (secondary N) is 1. The molecule has 5 rings (SSSR count). The molecule has 9 heteroatoms. The Labute approximate surface area is 248 Å². The summed E-state index contributed by atoms with van der Waals surface area (Å²) in [5.74, 6) is -1.02. The standard InChI is InChI=1S/C33H49NO8/c1-17(4-9-29(40)34-24(31(41)42)12-18-5-8-25(36)26(37)13-18)21-6-7-22-30-23(16-28(39)33(21,22)3)32(2)11-10-20(35)14-19(32)15-27(30)38/h5,8,13,17,19-24,27-28,30,35-39H,4,6-7,9-12,14-16H2,1-3H3,(H,34,40)(H,41,42)/t17-,19+,20-,21-,22+,23+,24+,27-,28+,30+,32+,33-/m1/s1. The molecule has 0 aromatic heterocycles. The summed E-state index contributed by atoms with van der Waals surface area (Å²) in [6.45, 7) is 6.63. The number of carbonyl (C=O) groups is 2. The van der Waals surface area contributed by atoms with Crippen LogP contribution in [0.25, 0.3) is 0 Å². The van der Waals surface area contributed by atoms with Crippen LogP contribution in [0.1, 0.15) is 84.1 Å². The van der Waals surface area contributed by atoms with Crippen molar-refractivity contribution in [3.8, 4) is 11.5 Å². The number of hydrogen-bond donors (Lipinski definition) is 7. The number of carboxylic acid groups (broad SMARTS) is 1. The minimum atomic E-state index is -1.18. The van der Waals surface area contributed by atoms with Crippen LogP contribution in [0.15, 0.2) is 18.2 Å². The zero-order valence-corrected chi connectivity index (χ0v) is 25.1. The number of benzene rings is 1. The lowest BCUT2D eigenvalue weighted by Crippen LogP contribution is -2.62. The van der Waals surface area contributed by atoms with Crippen molar-refractivity contribution in [3.05, 3.63) is 23.8 Å². The maximum atomic E-state index is 12.9. The monoisotopic (exact) mass is 587 g/mol. The number of aromatic hydroxyl groups is 2. The van der Waals surface area contributed by atoms with E-state index in [1.807, 2.05) is 0 Å². The molecule has 0 radical (unpaired) electrons. The van der Waals surface area contributed by atoms with E-state index in [1.165, 1.54) is 18.2 Å². The van der Waals surface area contributed by atoms with Crippen LogP contribution in [0.3, 0.4) is 0 Å². The molecular formula is C33H49NO8. The van der Waals surface area contributed by atoms with Crippen molar-refractivity contribution in [2.24, 2.45) is 46.3 Å². The van der Waals surface area contributed by atoms with Crippen LogP contribution in [0.4, 0.5) is 0 Å². The lowest BCUT2D eigenvalue weighted by atomic mass is 9.43. The predicted molar refractivity (Wildman–Crippen MR) is 155 cm³/mol. The molecule has 4 fully saturated rings. The van der Waals surface area contributed by atoms with Gasteiger partial charge in [-0.3, -0.25) is 4.79 Å². The van der Waals surface area contributed by atoms with Gasteiger partial charge in [0, 0.05) is 12.8 Å². The van der Waals surface area contributed by atoms with E-state index in [0.717, 1.165) is 32.1 Å². The number of phenols is 2. The maximum Gasteiger partial charge on any atom is 0.326 e. The van der Waals surface area contributed by atoms with Crippen molar-refractivity contribution in [1.82, 2.24) is 5.32 Å². The van der Waals surface area contributed by atoms with Crippen molar-refractivity contribution < 1.29 is 40.2 Å². The van der Waals surface area contributed by atoms with E-state index >= 15 is 0 Å². The van der Waals surface area contributed by atoms with Crippen LogP contribution < -0.4 is 5.32 Å². The van der Waals surface area contributed by atoms with E-state index in [-0.39, 0.29) is 82.7 Å². The molecule has 4 aliphatic rings. The molecule has 1 amide bonds. The third kappa shape index (κ3) is 5.41. The van der Waals surface area contributed by atoms with Gasteiger partial charge in [0.05, 0.1) is 18.3 Å². The molecule has 1 aromatic carbocycles. The molecule has 1 aromatic rings. The molecule has 12 atom stereocenters. The molecule has 7 N–H and O–H groups in total. The normalized spacial score (nSPS) is 40.7. The van der Waals surface area contributed by atoms with Gasteiger partial charge in [0.25, 0.3) is 0 Å². The summed E-state index contributed by atoms with van der Waals surface area (Å²) < 4.78 is 0. The number of fused-ring (bicyclic) bond motifs is 5. The first kappa shape index (κ1) is 31.1. The first-order valence-electron chi connectivity index (χ1n) is 15.8. The average Bonchev–Trinajstić information content (AvgIpc) is 3.29. The first-order chi connectivity index (χ1) is 19.7. The summed E-state index contributed by atoms with van der Waals surface area (Å²) in [5.41, 5.74) is 0.141. The quantitative estimate of drug-likeness (QED) is 0.227. The van der Waals surface area contributed by atoms with E-state index in [1.54, 1.807) is 0 Å². The Balaban J connectivity index is 1.23. The van der Waals surface area contributed by atoms with Crippen LogP contribution in [-0.4, -0.2) is 66.9 Å². The number of aliphatic hydroxyl groups excluding tert-OH is 3. The van der Waals surface area contributed by atoms with E-state index in [0.29, 0.717) is 24.8 Å². The van der Waals surface area contributed by atoms with Gasteiger partial charge < -0.3 is 36.0 Å². The second-order valence-electron chi connectivity index (χ2n) is 14.5. The van der Waals surface area contributed by atoms with Crippen molar-refractivity contribution in [2.45, 2.75) is 109 Å². The molecule has 4 saturated carbocycles. The molecular weight excluding hydrogens is 538 g/mol. The molecule has 0 spiro atoms. The Bertz CT molecular complexity index is 1170. The smallest absolute Gasteiger partial charge is 0.326 e. The molecule has 0 saturated heterocycles. The number of carbonyl (C=O) groups excluding carboxylic acids is 1. The minimum absolute atomic E-state index is 0.0206. The summed E-state index contributed by atoms with van der Waals surface area (Å²) in [7, 11) is 0. The molecule has 9 nitrogen and oxygen atoms in total. The van der Waals surface area contributed by atoms with Gasteiger partial charge in [-0.25, -0.2) is 4.79 Å². The Morgan fingerprint density at radius 1 is 1.00 bits per heavy atom. The zero-order chi connectivity index (χ0) is 30.6. The summed E-state index contributed by atoms with van der Waals surface area (Å²) in [4.78, 5) is 24.7. The van der Waals surface area contributed by atoms with E-state index in [4.69, 9.17) is 0 Å². The second kappa shape index (κ2) is 11.6. The van der Waals surface area contributed by atoms with Gasteiger partial charge in [0.1, 0.15) is 6.04 Å². The van der Waals surface area contributed by atoms with Crippen molar-refractivity contribution in [3.63, 3.8) is 0 Å². The largest absolute Gasteiger partial charge is 0.504 e. The molecule has 234 valence electrons. The Morgan fingerprint density at radius 2 is 1.74 bits per heavy atom. The molecule has 0 unspecified atom stereocenters. The van der Waals surface area contributed by atoms with Crippen LogP contribution in [0.2, 0.25) is 0 Å². The highest BCUT2D eigenvalue weighted by atomic mass is 16.4. The minimum Gasteiger partial charge on any atom is -0.504 e. The van der Waals surface area contributed by atoms with Crippen LogP contribution in [-0.2, 0) is 16.0 Å². The summed E-state index contributed by atoms with van der Waals surface area (Å²) in [6, 6.07) is 2.92. The van der Waals surface area contributed by atoms with Gasteiger partial charge in [-0.05, 0) is 115 Å². The van der Waals surface area contributed by atoms with Crippen molar-refractivity contribution in [1.29, 1.82) is 0 Å².